The van der Waals surface area contributed by atoms with Crippen molar-refractivity contribution >= 4 is 17.4 Å². The summed E-state index contributed by atoms with van der Waals surface area (Å²) < 4.78 is 5.06. The Labute approximate surface area is 118 Å². The molecule has 1 heterocycles. The Hall–Kier alpha value is -1.65. The smallest absolute Gasteiger partial charge is 0.163 e. The molecule has 4 nitrogen and oxygen atoms in total. The molecule has 1 aromatic carbocycles. The van der Waals surface area contributed by atoms with E-state index in [9.17, 15) is 0 Å². The van der Waals surface area contributed by atoms with Gasteiger partial charge in [0.05, 0.1) is 6.61 Å². The first-order valence-corrected chi connectivity index (χ1v) is 6.38. The van der Waals surface area contributed by atoms with Crippen molar-refractivity contribution < 1.29 is 4.74 Å². The standard InChI is InChI=1S/C14H16ClN3O/c1-18(8-9-19-2)13-10-12(15)16-14(17-13)11-6-4-3-5-7-11/h3-7,10H,8-9H2,1-2H3. The first kappa shape index (κ1) is 13.8. The minimum absolute atomic E-state index is 0.438. The fourth-order valence-electron chi connectivity index (χ4n) is 1.66. The van der Waals surface area contributed by atoms with Crippen LogP contribution in [0.1, 0.15) is 0 Å². The zero-order valence-corrected chi connectivity index (χ0v) is 11.8. The van der Waals surface area contributed by atoms with Crippen LogP contribution in [-0.4, -0.2) is 37.3 Å². The highest BCUT2D eigenvalue weighted by molar-refractivity contribution is 6.29. The molecule has 0 bridgehead atoms. The Bertz CT molecular complexity index is 533. The van der Waals surface area contributed by atoms with Crippen LogP contribution >= 0.6 is 11.6 Å². The van der Waals surface area contributed by atoms with E-state index in [1.54, 1.807) is 13.2 Å². The summed E-state index contributed by atoms with van der Waals surface area (Å²) in [4.78, 5) is 10.8. The van der Waals surface area contributed by atoms with Crippen LogP contribution in [0.3, 0.4) is 0 Å². The van der Waals surface area contributed by atoms with Gasteiger partial charge in [0.2, 0.25) is 0 Å². The van der Waals surface area contributed by atoms with Crippen LogP contribution in [0.15, 0.2) is 36.4 Å². The summed E-state index contributed by atoms with van der Waals surface area (Å²) in [6, 6.07) is 11.5. The maximum absolute atomic E-state index is 6.07. The predicted molar refractivity (Wildman–Crippen MR) is 77.6 cm³/mol. The van der Waals surface area contributed by atoms with Gasteiger partial charge in [0, 0.05) is 32.3 Å². The molecule has 5 heteroatoms. The van der Waals surface area contributed by atoms with E-state index in [-0.39, 0.29) is 0 Å². The van der Waals surface area contributed by atoms with Crippen LogP contribution in [0.5, 0.6) is 0 Å². The average molecular weight is 278 g/mol. The Morgan fingerprint density at radius 2 is 1.95 bits per heavy atom. The van der Waals surface area contributed by atoms with Crippen LogP contribution < -0.4 is 4.90 Å². The second-order valence-corrected chi connectivity index (χ2v) is 4.54. The molecular weight excluding hydrogens is 262 g/mol. The Balaban J connectivity index is 2.29. The monoisotopic (exact) mass is 277 g/mol. The van der Waals surface area contributed by atoms with Crippen molar-refractivity contribution in [3.05, 3.63) is 41.6 Å². The van der Waals surface area contributed by atoms with Gasteiger partial charge in [0.1, 0.15) is 11.0 Å². The summed E-state index contributed by atoms with van der Waals surface area (Å²) in [5, 5.41) is 0.438. The van der Waals surface area contributed by atoms with Crippen LogP contribution in [-0.2, 0) is 4.74 Å². The topological polar surface area (TPSA) is 38.2 Å². The van der Waals surface area contributed by atoms with Crippen molar-refractivity contribution in [1.29, 1.82) is 0 Å². The lowest BCUT2D eigenvalue weighted by atomic mass is 10.2. The van der Waals surface area contributed by atoms with E-state index < -0.39 is 0 Å². The second kappa shape index (κ2) is 6.50. The van der Waals surface area contributed by atoms with Crippen LogP contribution in [0.4, 0.5) is 5.82 Å². The summed E-state index contributed by atoms with van der Waals surface area (Å²) >= 11 is 6.07. The zero-order chi connectivity index (χ0) is 13.7. The summed E-state index contributed by atoms with van der Waals surface area (Å²) in [7, 11) is 3.63. The highest BCUT2D eigenvalue weighted by atomic mass is 35.5. The molecule has 0 aliphatic carbocycles. The minimum atomic E-state index is 0.438. The SMILES string of the molecule is COCCN(C)c1cc(Cl)nc(-c2ccccc2)n1. The lowest BCUT2D eigenvalue weighted by molar-refractivity contribution is 0.206. The molecule has 0 atom stereocenters. The van der Waals surface area contributed by atoms with Crippen molar-refractivity contribution in [2.75, 3.05) is 32.2 Å². The van der Waals surface area contributed by atoms with Gasteiger partial charge in [-0.1, -0.05) is 41.9 Å². The third-order valence-corrected chi connectivity index (χ3v) is 2.93. The number of nitrogens with zero attached hydrogens (tertiary/aromatic N) is 3. The van der Waals surface area contributed by atoms with E-state index in [0.29, 0.717) is 17.6 Å². The zero-order valence-electron chi connectivity index (χ0n) is 11.0. The van der Waals surface area contributed by atoms with Crippen molar-refractivity contribution in [1.82, 2.24) is 9.97 Å². The van der Waals surface area contributed by atoms with Crippen molar-refractivity contribution in [3.63, 3.8) is 0 Å². The quantitative estimate of drug-likeness (QED) is 0.788. The number of aromatic nitrogens is 2. The van der Waals surface area contributed by atoms with Gasteiger partial charge in [-0.25, -0.2) is 9.97 Å². The molecule has 0 unspecified atom stereocenters. The van der Waals surface area contributed by atoms with E-state index in [1.807, 2.05) is 42.3 Å². The third-order valence-electron chi connectivity index (χ3n) is 2.74. The Morgan fingerprint density at radius 1 is 1.21 bits per heavy atom. The van der Waals surface area contributed by atoms with E-state index in [4.69, 9.17) is 16.3 Å². The first-order chi connectivity index (χ1) is 9.20. The normalized spacial score (nSPS) is 10.5. The largest absolute Gasteiger partial charge is 0.383 e. The van der Waals surface area contributed by atoms with Crippen LogP contribution in [0, 0.1) is 0 Å². The molecule has 1 aromatic heterocycles. The minimum Gasteiger partial charge on any atom is -0.383 e. The first-order valence-electron chi connectivity index (χ1n) is 6.01. The molecule has 0 saturated heterocycles. The molecule has 0 N–H and O–H groups in total. The highest BCUT2D eigenvalue weighted by Crippen LogP contribution is 2.21. The molecule has 0 radical (unpaired) electrons. The van der Waals surface area contributed by atoms with E-state index in [1.165, 1.54) is 0 Å². The molecule has 0 aliphatic rings. The van der Waals surface area contributed by atoms with Gasteiger partial charge >= 0.3 is 0 Å². The van der Waals surface area contributed by atoms with Crippen molar-refractivity contribution in [2.45, 2.75) is 0 Å². The predicted octanol–water partition coefficient (Wildman–Crippen LogP) is 2.88. The van der Waals surface area contributed by atoms with Gasteiger partial charge in [-0.3, -0.25) is 0 Å². The number of rotatable bonds is 5. The number of ether oxygens (including phenoxy) is 1. The van der Waals surface area contributed by atoms with Crippen molar-refractivity contribution in [3.8, 4) is 11.4 Å². The molecule has 0 amide bonds. The van der Waals surface area contributed by atoms with Gasteiger partial charge in [-0.2, -0.15) is 0 Å². The number of methoxy groups -OCH3 is 1. The molecule has 0 fully saturated rings. The maximum atomic E-state index is 6.07. The van der Waals surface area contributed by atoms with Gasteiger partial charge in [0.25, 0.3) is 0 Å². The number of hydrogen-bond donors (Lipinski definition) is 0. The average Bonchev–Trinajstić information content (AvgIpc) is 2.45. The molecule has 2 aromatic rings. The number of anilines is 1. The fourth-order valence-corrected chi connectivity index (χ4v) is 1.84. The van der Waals surface area contributed by atoms with Crippen molar-refractivity contribution in [2.24, 2.45) is 0 Å². The second-order valence-electron chi connectivity index (χ2n) is 4.15. The number of likely N-dealkylation sites (N-methyl/N-ethyl adjacent to an activating group) is 1. The molecule has 2 rings (SSSR count). The summed E-state index contributed by atoms with van der Waals surface area (Å²) in [6.07, 6.45) is 0. The third kappa shape index (κ3) is 3.66. The Kier molecular flexibility index (Phi) is 4.71. The number of benzene rings is 1. The van der Waals surface area contributed by atoms with E-state index in [2.05, 4.69) is 9.97 Å². The molecule has 0 spiro atoms. The Morgan fingerprint density at radius 3 is 2.63 bits per heavy atom. The van der Waals surface area contributed by atoms with Crippen LogP contribution in [0.25, 0.3) is 11.4 Å². The fraction of sp³-hybridized carbons (Fsp3) is 0.286. The molecule has 0 saturated carbocycles. The number of hydrogen-bond acceptors (Lipinski definition) is 4. The maximum Gasteiger partial charge on any atom is 0.163 e. The van der Waals surface area contributed by atoms with Gasteiger partial charge in [-0.05, 0) is 0 Å². The number of halogens is 1. The summed E-state index contributed by atoms with van der Waals surface area (Å²) in [5.41, 5.74) is 0.950. The van der Waals surface area contributed by atoms with Crippen LogP contribution in [0.2, 0.25) is 5.15 Å². The van der Waals surface area contributed by atoms with E-state index in [0.717, 1.165) is 17.9 Å². The van der Waals surface area contributed by atoms with Gasteiger partial charge in [0.15, 0.2) is 5.82 Å². The van der Waals surface area contributed by atoms with Gasteiger partial charge in [-0.15, -0.1) is 0 Å². The summed E-state index contributed by atoms with van der Waals surface area (Å²) in [5.74, 6) is 1.42. The lowest BCUT2D eigenvalue weighted by Crippen LogP contribution is -2.23. The molecular formula is C14H16ClN3O. The molecule has 100 valence electrons. The molecule has 0 aliphatic heterocycles. The molecule has 19 heavy (non-hydrogen) atoms. The summed E-state index contributed by atoms with van der Waals surface area (Å²) in [6.45, 7) is 1.39. The van der Waals surface area contributed by atoms with E-state index >= 15 is 0 Å². The lowest BCUT2D eigenvalue weighted by Gasteiger charge is -2.18. The van der Waals surface area contributed by atoms with Gasteiger partial charge < -0.3 is 9.64 Å². The highest BCUT2D eigenvalue weighted by Gasteiger charge is 2.08.